The van der Waals surface area contributed by atoms with Crippen molar-refractivity contribution in [3.8, 4) is 0 Å². The van der Waals surface area contributed by atoms with Gasteiger partial charge in [-0.2, -0.15) is 110 Å². The lowest BCUT2D eigenvalue weighted by molar-refractivity contribution is -0.482. The summed E-state index contributed by atoms with van der Waals surface area (Å²) in [5, 5.41) is 8.24. The molecule has 0 aromatic rings. The summed E-state index contributed by atoms with van der Waals surface area (Å²) in [7, 11) is -3.08. The molecule has 0 aliphatic rings. The summed E-state index contributed by atoms with van der Waals surface area (Å²) in [6.45, 7) is 0. The van der Waals surface area contributed by atoms with Crippen LogP contribution >= 0.6 is 0 Å². The summed E-state index contributed by atoms with van der Waals surface area (Å²) in [4.78, 5) is 10.2. The van der Waals surface area contributed by atoms with Crippen molar-refractivity contribution in [3.05, 3.63) is 0 Å². The van der Waals surface area contributed by atoms with Gasteiger partial charge in [-0.3, -0.25) is 9.00 Å². The van der Waals surface area contributed by atoms with E-state index in [1.807, 2.05) is 0 Å². The predicted octanol–water partition coefficient (Wildman–Crippen LogP) is 8.15. The zero-order valence-corrected chi connectivity index (χ0v) is 21.3. The second kappa shape index (κ2) is 11.8. The Kier molecular flexibility index (Phi) is 11.2. The number of hydrogen-bond donors (Lipinski definition) is 1. The lowest BCUT2D eigenvalue weighted by Gasteiger charge is -2.45. The molecule has 0 saturated heterocycles. The van der Waals surface area contributed by atoms with E-state index in [1.54, 1.807) is 0 Å². The molecule has 0 aliphatic carbocycles. The first-order valence-electron chi connectivity index (χ1n) is 10.4. The van der Waals surface area contributed by atoms with Crippen LogP contribution in [0.5, 0.6) is 0 Å². The Morgan fingerprint density at radius 1 is 0.413 bits per heavy atom. The average Bonchev–Trinajstić information content (AvgIpc) is 2.84. The average molecular weight is 768 g/mol. The Balaban J connectivity index is 7.05. The maximum Gasteiger partial charge on any atom is 0.460 e. The van der Waals surface area contributed by atoms with E-state index in [1.165, 1.54) is 0 Å². The van der Waals surface area contributed by atoms with E-state index in [0.717, 1.165) is 0 Å². The summed E-state index contributed by atoms with van der Waals surface area (Å²) < 4.78 is 346. The van der Waals surface area contributed by atoms with E-state index in [0.29, 0.717) is 0 Å². The third-order valence-corrected chi connectivity index (χ3v) is 6.87. The van der Waals surface area contributed by atoms with Crippen LogP contribution < -0.4 is 0 Å². The Bertz CT molecular complexity index is 1140. The van der Waals surface area contributed by atoms with Crippen molar-refractivity contribution in [2.45, 2.75) is 84.2 Å². The Labute approximate surface area is 237 Å². The van der Waals surface area contributed by atoms with Crippen LogP contribution in [-0.4, -0.2) is 98.1 Å². The maximum absolute atomic E-state index is 13.8. The summed E-state index contributed by atoms with van der Waals surface area (Å²) in [5.74, 6) is -104. The molecular weight excluding hydrogens is 759 g/mol. The van der Waals surface area contributed by atoms with E-state index in [4.69, 9.17) is 5.11 Å². The van der Waals surface area contributed by atoms with Gasteiger partial charge in [0.15, 0.2) is 0 Å². The van der Waals surface area contributed by atoms with Gasteiger partial charge in [0.05, 0.1) is 6.42 Å². The molecule has 0 aromatic heterocycles. The van der Waals surface area contributed by atoms with Crippen molar-refractivity contribution in [1.82, 2.24) is 0 Å². The first-order valence-corrected chi connectivity index (χ1v) is 11.8. The first-order chi connectivity index (χ1) is 19.6. The summed E-state index contributed by atoms with van der Waals surface area (Å²) in [6, 6.07) is 0. The number of rotatable bonds is 16. The molecule has 46 heavy (non-hydrogen) atoms. The maximum atomic E-state index is 13.8. The van der Waals surface area contributed by atoms with Gasteiger partial charge in [0, 0.05) is 28.7 Å². The predicted molar refractivity (Wildman–Crippen MR) is 95.2 cm³/mol. The highest BCUT2D eigenvalue weighted by molar-refractivity contribution is 7.84. The van der Waals surface area contributed by atoms with E-state index in [9.17, 15) is 119 Å². The molecule has 0 heterocycles. The number of carboxylic acid groups (broad SMARTS) is 1. The summed E-state index contributed by atoms with van der Waals surface area (Å²) in [6.07, 6.45) is -12.6. The minimum absolute atomic E-state index is 1.25. The fraction of sp³-hybridized carbons (Fsp3) is 0.941. The third-order valence-electron chi connectivity index (χ3n) is 5.55. The van der Waals surface area contributed by atoms with Crippen molar-refractivity contribution in [1.29, 1.82) is 0 Å². The van der Waals surface area contributed by atoms with Crippen LogP contribution in [0.2, 0.25) is 0 Å². The van der Waals surface area contributed by atoms with E-state index < -0.39 is 112 Å². The smallest absolute Gasteiger partial charge is 0.460 e. The van der Waals surface area contributed by atoms with Gasteiger partial charge < -0.3 is 5.11 Å². The van der Waals surface area contributed by atoms with Crippen molar-refractivity contribution < 1.29 is 124 Å². The summed E-state index contributed by atoms with van der Waals surface area (Å²) >= 11 is 0. The number of hydrogen-bond acceptors (Lipinski definition) is 2. The number of carbonyl (C=O) groups is 1. The largest absolute Gasteiger partial charge is 0.481 e. The highest BCUT2D eigenvalue weighted by Gasteiger charge is 2.99. The van der Waals surface area contributed by atoms with Crippen molar-refractivity contribution in [3.63, 3.8) is 0 Å². The fourth-order valence-electron chi connectivity index (χ4n) is 2.69. The molecule has 0 amide bonds. The zero-order chi connectivity index (χ0) is 38.0. The van der Waals surface area contributed by atoms with Crippen LogP contribution in [0, 0.1) is 0 Å². The van der Waals surface area contributed by atoms with Gasteiger partial charge in [-0.25, -0.2) is 0 Å². The van der Waals surface area contributed by atoms with Crippen molar-refractivity contribution in [2.75, 3.05) is 11.5 Å². The van der Waals surface area contributed by atoms with Crippen LogP contribution in [0.1, 0.15) is 12.8 Å². The second-order valence-corrected chi connectivity index (χ2v) is 10.4. The first kappa shape index (κ1) is 43.9. The van der Waals surface area contributed by atoms with Gasteiger partial charge in [0.25, 0.3) is 0 Å². The number of halogens is 25. The van der Waals surface area contributed by atoms with Crippen LogP contribution in [0.25, 0.3) is 0 Å². The van der Waals surface area contributed by atoms with Crippen molar-refractivity contribution >= 4 is 16.8 Å². The molecule has 0 saturated carbocycles. The highest BCUT2D eigenvalue weighted by Crippen LogP contribution is 2.67. The highest BCUT2D eigenvalue weighted by atomic mass is 32.2. The molecule has 276 valence electrons. The van der Waals surface area contributed by atoms with Gasteiger partial charge >= 0.3 is 77.3 Å². The summed E-state index contributed by atoms with van der Waals surface area (Å²) in [5.41, 5.74) is 0. The molecule has 0 aromatic carbocycles. The monoisotopic (exact) mass is 768 g/mol. The number of alkyl halides is 25. The van der Waals surface area contributed by atoms with Gasteiger partial charge in [0.2, 0.25) is 0 Å². The Morgan fingerprint density at radius 3 is 0.891 bits per heavy atom. The third kappa shape index (κ3) is 6.01. The van der Waals surface area contributed by atoms with E-state index >= 15 is 0 Å². The normalized spacial score (nSPS) is 16.9. The molecular formula is C17H9F25O3S. The molecule has 0 aliphatic heterocycles. The van der Waals surface area contributed by atoms with E-state index in [2.05, 4.69) is 0 Å². The van der Waals surface area contributed by atoms with Crippen molar-refractivity contribution in [2.24, 2.45) is 0 Å². The van der Waals surface area contributed by atoms with Crippen LogP contribution in [0.4, 0.5) is 110 Å². The second-order valence-electron chi connectivity index (χ2n) is 8.69. The Hall–Kier alpha value is -2.13. The molecule has 3 nitrogen and oxygen atoms in total. The Morgan fingerprint density at radius 2 is 0.652 bits per heavy atom. The molecule has 1 N–H and O–H groups in total. The topological polar surface area (TPSA) is 54.4 Å². The molecule has 0 fully saturated rings. The zero-order valence-electron chi connectivity index (χ0n) is 20.4. The standard InChI is InChI=1S/C17H9F25O3S/c18-6(19,2-4-46(45)3-1-5(43)44)7(20,21)8(22,23)9(24,25)10(26,27)11(28,29)12(30,31)13(32,33)14(34,35)15(36,37)16(38,39)17(40,41)42/h1-4H2,(H,43,44). The lowest BCUT2D eigenvalue weighted by Crippen LogP contribution is -2.78. The van der Waals surface area contributed by atoms with Gasteiger partial charge in [-0.1, -0.05) is 0 Å². The van der Waals surface area contributed by atoms with Gasteiger partial charge in [0.1, 0.15) is 0 Å². The van der Waals surface area contributed by atoms with Gasteiger partial charge in [-0.05, 0) is 0 Å². The number of aliphatic carboxylic acids is 1. The molecule has 0 spiro atoms. The molecule has 29 heteroatoms. The fourth-order valence-corrected chi connectivity index (χ4v) is 3.78. The number of carboxylic acids is 1. The lowest BCUT2D eigenvalue weighted by atomic mass is 9.84. The van der Waals surface area contributed by atoms with Crippen LogP contribution in [-0.2, 0) is 15.6 Å². The molecule has 0 radical (unpaired) electrons. The van der Waals surface area contributed by atoms with Crippen LogP contribution in [0.3, 0.4) is 0 Å². The molecule has 0 rings (SSSR count). The quantitative estimate of drug-likeness (QED) is 0.162. The molecule has 1 atom stereocenters. The molecule has 0 bridgehead atoms. The minimum Gasteiger partial charge on any atom is -0.481 e. The van der Waals surface area contributed by atoms with Crippen LogP contribution in [0.15, 0.2) is 0 Å². The molecule has 1 unspecified atom stereocenters. The SMILES string of the molecule is O=C(O)CCS(=O)CCC(F)(F)C(F)(F)C(F)(F)C(F)(F)C(F)(F)C(F)(F)C(F)(F)C(F)(F)C(F)(F)C(F)(F)C(F)(F)C(F)(F)F. The van der Waals surface area contributed by atoms with E-state index in [-0.39, 0.29) is 0 Å². The van der Waals surface area contributed by atoms with Gasteiger partial charge in [-0.15, -0.1) is 0 Å². The minimum atomic E-state index is -9.66.